The van der Waals surface area contributed by atoms with Crippen molar-refractivity contribution in [2.75, 3.05) is 6.61 Å². The van der Waals surface area contributed by atoms with Gasteiger partial charge < -0.3 is 9.64 Å². The fourth-order valence-electron chi connectivity index (χ4n) is 4.28. The van der Waals surface area contributed by atoms with Crippen LogP contribution in [0.2, 0.25) is 10.0 Å². The number of benzene rings is 3. The van der Waals surface area contributed by atoms with Gasteiger partial charge in [0.25, 0.3) is 5.91 Å². The number of fused-ring (bicyclic) bond motifs is 1. The lowest BCUT2D eigenvalue weighted by atomic mass is 9.93. The van der Waals surface area contributed by atoms with Crippen molar-refractivity contribution in [1.29, 1.82) is 0 Å². The molecule has 2 aliphatic rings. The fourth-order valence-corrected chi connectivity index (χ4v) is 4.53. The number of halogens is 2. The molecular weight excluding hydrogens is 417 g/mol. The van der Waals surface area contributed by atoms with Crippen molar-refractivity contribution >= 4 is 29.1 Å². The summed E-state index contributed by atoms with van der Waals surface area (Å²) in [4.78, 5) is 15.6. The average molecular weight is 438 g/mol. The molecule has 0 aliphatic carbocycles. The third-order valence-electron chi connectivity index (χ3n) is 6.23. The summed E-state index contributed by atoms with van der Waals surface area (Å²) >= 11 is 12.2. The molecule has 3 aromatic rings. The van der Waals surface area contributed by atoms with E-state index in [1.54, 1.807) is 0 Å². The summed E-state index contributed by atoms with van der Waals surface area (Å²) in [5.41, 5.74) is 4.60. The van der Waals surface area contributed by atoms with Gasteiger partial charge >= 0.3 is 0 Å². The molecule has 2 aliphatic heterocycles. The zero-order valence-corrected chi connectivity index (χ0v) is 18.2. The first-order chi connectivity index (χ1) is 14.4. The van der Waals surface area contributed by atoms with E-state index in [2.05, 4.69) is 26.0 Å². The van der Waals surface area contributed by atoms with E-state index >= 15 is 0 Å². The Balaban J connectivity index is 1.62. The first-order valence-electron chi connectivity index (χ1n) is 9.99. The van der Waals surface area contributed by atoms with Gasteiger partial charge in [-0.1, -0.05) is 59.6 Å². The van der Waals surface area contributed by atoms with Crippen LogP contribution in [-0.4, -0.2) is 17.4 Å². The maximum absolute atomic E-state index is 13.7. The van der Waals surface area contributed by atoms with Gasteiger partial charge in [0.2, 0.25) is 0 Å². The van der Waals surface area contributed by atoms with E-state index in [0.717, 1.165) is 27.8 Å². The average Bonchev–Trinajstić information content (AvgIpc) is 3.43. The molecule has 5 heteroatoms. The zero-order chi connectivity index (χ0) is 21.0. The second kappa shape index (κ2) is 7.12. The smallest absolute Gasteiger partial charge is 0.255 e. The molecule has 1 fully saturated rings. The van der Waals surface area contributed by atoms with E-state index in [-0.39, 0.29) is 23.6 Å². The quantitative estimate of drug-likeness (QED) is 0.433. The predicted molar refractivity (Wildman–Crippen MR) is 119 cm³/mol. The van der Waals surface area contributed by atoms with Gasteiger partial charge in [0.05, 0.1) is 18.7 Å². The van der Waals surface area contributed by atoms with Crippen molar-refractivity contribution in [2.45, 2.75) is 31.5 Å². The molecule has 0 spiro atoms. The Morgan fingerprint density at radius 1 is 1.00 bits per heavy atom. The fraction of sp³-hybridized carbons (Fsp3) is 0.240. The van der Waals surface area contributed by atoms with Crippen LogP contribution in [0.4, 0.5) is 0 Å². The molecule has 3 aromatic carbocycles. The highest BCUT2D eigenvalue weighted by Gasteiger charge is 2.45. The van der Waals surface area contributed by atoms with Crippen molar-refractivity contribution in [3.05, 3.63) is 105 Å². The van der Waals surface area contributed by atoms with Crippen molar-refractivity contribution in [3.8, 4) is 0 Å². The number of hydrogen-bond donors (Lipinski definition) is 0. The van der Waals surface area contributed by atoms with Gasteiger partial charge in [-0.15, -0.1) is 0 Å². The minimum atomic E-state index is -0.277. The largest absolute Gasteiger partial charge is 0.365 e. The van der Waals surface area contributed by atoms with E-state index in [1.165, 1.54) is 0 Å². The first kappa shape index (κ1) is 19.6. The van der Waals surface area contributed by atoms with Crippen LogP contribution in [0.3, 0.4) is 0 Å². The molecular formula is C25H21Cl2NO2. The lowest BCUT2D eigenvalue weighted by molar-refractivity contribution is 0.0676. The van der Waals surface area contributed by atoms with Gasteiger partial charge in [-0.05, 0) is 66.4 Å². The highest BCUT2D eigenvalue weighted by molar-refractivity contribution is 6.30. The molecule has 1 amide bonds. The summed E-state index contributed by atoms with van der Waals surface area (Å²) in [5, 5.41) is 1.35. The molecule has 152 valence electrons. The standard InChI is InChI=1S/C25H21Cl2NO2/c1-15(16-3-8-19(26)9-4-16)28-23(17-5-10-20(27)11-6-17)21-12-7-18(25(2)14-30-25)13-22(21)24(28)29/h3-13,15,23H,14H2,1-2H3/t15-,23?,25?/m0/s1. The van der Waals surface area contributed by atoms with Crippen molar-refractivity contribution in [2.24, 2.45) is 0 Å². The number of ether oxygens (including phenoxy) is 1. The highest BCUT2D eigenvalue weighted by atomic mass is 35.5. The van der Waals surface area contributed by atoms with Crippen LogP contribution >= 0.6 is 23.2 Å². The van der Waals surface area contributed by atoms with Crippen molar-refractivity contribution in [3.63, 3.8) is 0 Å². The van der Waals surface area contributed by atoms with Crippen LogP contribution < -0.4 is 0 Å². The Morgan fingerprint density at radius 2 is 1.60 bits per heavy atom. The third kappa shape index (κ3) is 3.22. The van der Waals surface area contributed by atoms with E-state index < -0.39 is 0 Å². The second-order valence-corrected chi connectivity index (χ2v) is 9.09. The van der Waals surface area contributed by atoms with Gasteiger partial charge in [0.15, 0.2) is 0 Å². The molecule has 0 N–H and O–H groups in total. The molecule has 2 heterocycles. The Bertz CT molecular complexity index is 1120. The van der Waals surface area contributed by atoms with E-state index in [1.807, 2.05) is 59.5 Å². The second-order valence-electron chi connectivity index (χ2n) is 8.22. The van der Waals surface area contributed by atoms with Crippen LogP contribution in [0.5, 0.6) is 0 Å². The summed E-state index contributed by atoms with van der Waals surface area (Å²) in [6.45, 7) is 4.80. The van der Waals surface area contributed by atoms with Crippen LogP contribution in [-0.2, 0) is 10.3 Å². The van der Waals surface area contributed by atoms with Crippen LogP contribution in [0.15, 0.2) is 66.7 Å². The van der Waals surface area contributed by atoms with E-state index in [0.29, 0.717) is 16.7 Å². The Hall–Kier alpha value is -2.33. The molecule has 3 atom stereocenters. The Kier molecular flexibility index (Phi) is 4.66. The number of rotatable bonds is 4. The van der Waals surface area contributed by atoms with E-state index in [4.69, 9.17) is 27.9 Å². The summed E-state index contributed by atoms with van der Waals surface area (Å²) in [6, 6.07) is 21.3. The lowest BCUT2D eigenvalue weighted by Crippen LogP contribution is -2.31. The summed E-state index contributed by atoms with van der Waals surface area (Å²) < 4.78 is 5.60. The Labute approximate surface area is 186 Å². The Morgan fingerprint density at radius 3 is 2.20 bits per heavy atom. The maximum atomic E-state index is 13.7. The molecule has 1 saturated heterocycles. The van der Waals surface area contributed by atoms with Crippen molar-refractivity contribution in [1.82, 2.24) is 4.90 Å². The third-order valence-corrected chi connectivity index (χ3v) is 6.74. The molecule has 0 radical (unpaired) electrons. The summed E-state index contributed by atoms with van der Waals surface area (Å²) in [6.07, 6.45) is 0. The number of amides is 1. The van der Waals surface area contributed by atoms with Gasteiger partial charge in [-0.2, -0.15) is 0 Å². The molecule has 2 unspecified atom stereocenters. The minimum absolute atomic E-state index is 0.0264. The molecule has 0 aromatic heterocycles. The highest BCUT2D eigenvalue weighted by Crippen LogP contribution is 2.46. The van der Waals surface area contributed by atoms with Crippen molar-refractivity contribution < 1.29 is 9.53 Å². The molecule has 0 saturated carbocycles. The number of hydrogen-bond acceptors (Lipinski definition) is 2. The summed E-state index contributed by atoms with van der Waals surface area (Å²) in [7, 11) is 0. The number of epoxide rings is 1. The summed E-state index contributed by atoms with van der Waals surface area (Å²) in [5.74, 6) is 0.0264. The lowest BCUT2D eigenvalue weighted by Gasteiger charge is -2.32. The van der Waals surface area contributed by atoms with E-state index in [9.17, 15) is 4.79 Å². The van der Waals surface area contributed by atoms with Gasteiger partial charge in [-0.3, -0.25) is 4.79 Å². The topological polar surface area (TPSA) is 32.8 Å². The normalized spacial score (nSPS) is 23.4. The van der Waals surface area contributed by atoms with Crippen LogP contribution in [0.1, 0.15) is 58.5 Å². The molecule has 0 bridgehead atoms. The zero-order valence-electron chi connectivity index (χ0n) is 16.7. The van der Waals surface area contributed by atoms with Gasteiger partial charge in [0.1, 0.15) is 5.60 Å². The maximum Gasteiger partial charge on any atom is 0.255 e. The van der Waals surface area contributed by atoms with Gasteiger partial charge in [0, 0.05) is 15.6 Å². The SMILES string of the molecule is C[C@@H](c1ccc(Cl)cc1)N1C(=O)c2cc(C3(C)CO3)ccc2C1c1ccc(Cl)cc1. The molecule has 3 nitrogen and oxygen atoms in total. The molecule has 30 heavy (non-hydrogen) atoms. The molecule has 5 rings (SSSR count). The van der Waals surface area contributed by atoms with Crippen LogP contribution in [0.25, 0.3) is 0 Å². The van der Waals surface area contributed by atoms with Crippen LogP contribution in [0, 0.1) is 0 Å². The number of carbonyl (C=O) groups is 1. The monoisotopic (exact) mass is 437 g/mol. The number of carbonyl (C=O) groups excluding carboxylic acids is 1. The minimum Gasteiger partial charge on any atom is -0.365 e. The van der Waals surface area contributed by atoms with Gasteiger partial charge in [-0.25, -0.2) is 0 Å². The first-order valence-corrected chi connectivity index (χ1v) is 10.7. The number of nitrogens with zero attached hydrogens (tertiary/aromatic N) is 1. The predicted octanol–water partition coefficient (Wildman–Crippen LogP) is 6.55.